The number of benzene rings is 1. The van der Waals surface area contributed by atoms with Crippen LogP contribution in [0.15, 0.2) is 24.3 Å². The van der Waals surface area contributed by atoms with E-state index >= 15 is 0 Å². The van der Waals surface area contributed by atoms with Gasteiger partial charge in [0.2, 0.25) is 0 Å². The first-order chi connectivity index (χ1) is 9.36. The highest BCUT2D eigenvalue weighted by Crippen LogP contribution is 2.25. The Morgan fingerprint density at radius 1 is 0.895 bits per heavy atom. The number of rotatable bonds is 3. The van der Waals surface area contributed by atoms with E-state index < -0.39 is 0 Å². The van der Waals surface area contributed by atoms with Gasteiger partial charge < -0.3 is 15.1 Å². The molecule has 1 aromatic rings. The smallest absolute Gasteiger partial charge is 0.0368 e. The average molecular weight is 259 g/mol. The molecular weight excluding hydrogens is 234 g/mol. The molecule has 0 amide bonds. The lowest BCUT2D eigenvalue weighted by atomic mass is 10.1. The van der Waals surface area contributed by atoms with Crippen molar-refractivity contribution >= 4 is 11.4 Å². The van der Waals surface area contributed by atoms with E-state index in [9.17, 15) is 0 Å². The second-order valence-corrected chi connectivity index (χ2v) is 5.78. The van der Waals surface area contributed by atoms with E-state index in [1.807, 2.05) is 0 Å². The van der Waals surface area contributed by atoms with Crippen LogP contribution in [0.2, 0.25) is 0 Å². The molecule has 1 aromatic carbocycles. The molecule has 3 nitrogen and oxygen atoms in total. The molecule has 2 aliphatic heterocycles. The van der Waals surface area contributed by atoms with Crippen molar-refractivity contribution in [3.05, 3.63) is 24.3 Å². The van der Waals surface area contributed by atoms with Gasteiger partial charge in [-0.15, -0.1) is 0 Å². The van der Waals surface area contributed by atoms with Crippen molar-refractivity contribution in [3.8, 4) is 0 Å². The molecule has 0 aliphatic carbocycles. The minimum absolute atomic E-state index is 0.654. The van der Waals surface area contributed by atoms with Crippen LogP contribution in [0.25, 0.3) is 0 Å². The van der Waals surface area contributed by atoms with E-state index in [2.05, 4.69) is 46.4 Å². The number of likely N-dealkylation sites (N-methyl/N-ethyl adjacent to an activating group) is 1. The van der Waals surface area contributed by atoms with Gasteiger partial charge >= 0.3 is 0 Å². The molecule has 0 spiro atoms. The molecule has 0 saturated carbocycles. The van der Waals surface area contributed by atoms with Crippen molar-refractivity contribution in [2.45, 2.75) is 31.7 Å². The van der Waals surface area contributed by atoms with Crippen LogP contribution in [-0.2, 0) is 0 Å². The highest BCUT2D eigenvalue weighted by molar-refractivity contribution is 5.57. The molecule has 0 bridgehead atoms. The molecule has 2 heterocycles. The van der Waals surface area contributed by atoms with Gasteiger partial charge in [0.25, 0.3) is 0 Å². The molecule has 0 aromatic heterocycles. The van der Waals surface area contributed by atoms with Crippen LogP contribution < -0.4 is 15.1 Å². The van der Waals surface area contributed by atoms with Gasteiger partial charge in [0.1, 0.15) is 0 Å². The van der Waals surface area contributed by atoms with Crippen LogP contribution in [0.3, 0.4) is 0 Å². The van der Waals surface area contributed by atoms with Gasteiger partial charge in [-0.1, -0.05) is 0 Å². The van der Waals surface area contributed by atoms with Gasteiger partial charge in [0.05, 0.1) is 0 Å². The predicted octanol–water partition coefficient (Wildman–Crippen LogP) is 2.48. The molecule has 1 atom stereocenters. The number of nitrogens with one attached hydrogen (secondary N) is 1. The summed E-state index contributed by atoms with van der Waals surface area (Å²) in [6.45, 7) is 4.77. The fourth-order valence-corrected chi connectivity index (χ4v) is 3.26. The summed E-state index contributed by atoms with van der Waals surface area (Å²) in [6.07, 6.45) is 5.34. The predicted molar refractivity (Wildman–Crippen MR) is 82.2 cm³/mol. The van der Waals surface area contributed by atoms with Gasteiger partial charge in [-0.3, -0.25) is 0 Å². The Hall–Kier alpha value is -1.22. The first-order valence-corrected chi connectivity index (χ1v) is 7.64. The summed E-state index contributed by atoms with van der Waals surface area (Å²) in [4.78, 5) is 5.01. The van der Waals surface area contributed by atoms with E-state index in [0.717, 1.165) is 6.54 Å². The number of anilines is 2. The first-order valence-electron chi connectivity index (χ1n) is 7.64. The van der Waals surface area contributed by atoms with Crippen LogP contribution in [0, 0.1) is 0 Å². The summed E-state index contributed by atoms with van der Waals surface area (Å²) in [7, 11) is 2.06. The molecule has 0 radical (unpaired) electrons. The Bertz CT molecular complexity index is 395. The molecule has 19 heavy (non-hydrogen) atoms. The van der Waals surface area contributed by atoms with E-state index in [4.69, 9.17) is 0 Å². The van der Waals surface area contributed by atoms with E-state index in [0.29, 0.717) is 6.04 Å². The lowest BCUT2D eigenvalue weighted by Gasteiger charge is -2.29. The van der Waals surface area contributed by atoms with Crippen LogP contribution in [0.5, 0.6) is 0 Å². The monoisotopic (exact) mass is 259 g/mol. The zero-order valence-corrected chi connectivity index (χ0v) is 11.9. The summed E-state index contributed by atoms with van der Waals surface area (Å²) in [5, 5.41) is 3.38. The summed E-state index contributed by atoms with van der Waals surface area (Å²) in [5.41, 5.74) is 2.77. The molecule has 2 saturated heterocycles. The Morgan fingerprint density at radius 2 is 1.53 bits per heavy atom. The molecule has 1 N–H and O–H groups in total. The molecule has 3 heteroatoms. The Kier molecular flexibility index (Phi) is 3.92. The van der Waals surface area contributed by atoms with Crippen molar-refractivity contribution in [1.29, 1.82) is 0 Å². The van der Waals surface area contributed by atoms with Crippen LogP contribution >= 0.6 is 0 Å². The van der Waals surface area contributed by atoms with Crippen LogP contribution in [-0.4, -0.2) is 39.3 Å². The van der Waals surface area contributed by atoms with Crippen molar-refractivity contribution in [3.63, 3.8) is 0 Å². The number of nitrogens with zero attached hydrogens (tertiary/aromatic N) is 2. The zero-order chi connectivity index (χ0) is 13.1. The molecule has 1 unspecified atom stereocenters. The molecule has 2 aliphatic rings. The lowest BCUT2D eigenvalue weighted by molar-refractivity contribution is 0.578. The topological polar surface area (TPSA) is 18.5 Å². The third-order valence-corrected chi connectivity index (χ3v) is 4.53. The quantitative estimate of drug-likeness (QED) is 0.899. The number of hydrogen-bond acceptors (Lipinski definition) is 3. The number of hydrogen-bond donors (Lipinski definition) is 1. The average Bonchev–Trinajstić information content (AvgIpc) is 2.97. The largest absolute Gasteiger partial charge is 0.372 e. The Labute approximate surface area is 116 Å². The van der Waals surface area contributed by atoms with Crippen LogP contribution in [0.1, 0.15) is 25.7 Å². The summed E-state index contributed by atoms with van der Waals surface area (Å²) >= 11 is 0. The molecule has 2 fully saturated rings. The van der Waals surface area contributed by atoms with E-state index in [1.165, 1.54) is 56.7 Å². The fraction of sp³-hybridized carbons (Fsp3) is 0.625. The van der Waals surface area contributed by atoms with E-state index in [-0.39, 0.29) is 0 Å². The van der Waals surface area contributed by atoms with Gasteiger partial charge in [0, 0.05) is 43.6 Å². The minimum Gasteiger partial charge on any atom is -0.372 e. The van der Waals surface area contributed by atoms with Crippen LogP contribution in [0.4, 0.5) is 11.4 Å². The second kappa shape index (κ2) is 5.83. The van der Waals surface area contributed by atoms with Gasteiger partial charge in [-0.25, -0.2) is 0 Å². The van der Waals surface area contributed by atoms with Crippen molar-refractivity contribution in [2.75, 3.05) is 43.0 Å². The lowest BCUT2D eigenvalue weighted by Crippen LogP contribution is -2.30. The third-order valence-electron chi connectivity index (χ3n) is 4.53. The second-order valence-electron chi connectivity index (χ2n) is 5.78. The van der Waals surface area contributed by atoms with Gasteiger partial charge in [0.15, 0.2) is 0 Å². The van der Waals surface area contributed by atoms with Gasteiger partial charge in [-0.2, -0.15) is 0 Å². The molecule has 104 valence electrons. The summed E-state index contributed by atoms with van der Waals surface area (Å²) in [5.74, 6) is 0. The third kappa shape index (κ3) is 2.86. The highest BCUT2D eigenvalue weighted by atomic mass is 15.2. The normalized spacial score (nSPS) is 23.9. The van der Waals surface area contributed by atoms with Gasteiger partial charge in [-0.05, 0) is 57.0 Å². The standard InChI is InChI=1S/C16H25N3/c1-17-14-9-12-19(13-14)16-7-5-15(6-8-16)18-10-3-2-4-11-18/h5-8,14,17H,2-4,9-13H2,1H3. The minimum atomic E-state index is 0.654. The Balaban J connectivity index is 1.65. The summed E-state index contributed by atoms with van der Waals surface area (Å²) < 4.78 is 0. The number of piperidine rings is 1. The summed E-state index contributed by atoms with van der Waals surface area (Å²) in [6, 6.07) is 9.84. The van der Waals surface area contributed by atoms with Crippen molar-refractivity contribution < 1.29 is 0 Å². The molecule has 3 rings (SSSR count). The molecular formula is C16H25N3. The zero-order valence-electron chi connectivity index (χ0n) is 11.9. The maximum atomic E-state index is 3.38. The SMILES string of the molecule is CNC1CCN(c2ccc(N3CCCCC3)cc2)C1. The van der Waals surface area contributed by atoms with Crippen molar-refractivity contribution in [2.24, 2.45) is 0 Å². The maximum absolute atomic E-state index is 3.38. The maximum Gasteiger partial charge on any atom is 0.0368 e. The van der Waals surface area contributed by atoms with Crippen molar-refractivity contribution in [1.82, 2.24) is 5.32 Å². The Morgan fingerprint density at radius 3 is 2.11 bits per heavy atom. The fourth-order valence-electron chi connectivity index (χ4n) is 3.26. The highest BCUT2D eigenvalue weighted by Gasteiger charge is 2.21. The van der Waals surface area contributed by atoms with E-state index in [1.54, 1.807) is 0 Å². The first kappa shape index (κ1) is 12.8.